The van der Waals surface area contributed by atoms with Crippen molar-refractivity contribution in [2.75, 3.05) is 19.6 Å². The molecule has 0 spiro atoms. The van der Waals surface area contributed by atoms with Crippen LogP contribution in [-0.4, -0.2) is 42.3 Å². The second-order valence-electron chi connectivity index (χ2n) is 9.28. The predicted octanol–water partition coefficient (Wildman–Crippen LogP) is 4.67. The summed E-state index contributed by atoms with van der Waals surface area (Å²) in [6, 6.07) is 0. The van der Waals surface area contributed by atoms with Crippen molar-refractivity contribution in [3.63, 3.8) is 0 Å². The van der Waals surface area contributed by atoms with Gasteiger partial charge in [-0.3, -0.25) is 4.90 Å². The van der Waals surface area contributed by atoms with E-state index in [1.54, 1.807) is 0 Å². The summed E-state index contributed by atoms with van der Waals surface area (Å²) in [6.45, 7) is 15.6. The lowest BCUT2D eigenvalue weighted by Crippen LogP contribution is -2.42. The molecular formula is C21H36N2O2. The summed E-state index contributed by atoms with van der Waals surface area (Å²) in [5.74, 6) is 0. The highest BCUT2D eigenvalue weighted by molar-refractivity contribution is 5.68. The molecule has 142 valence electrons. The molecule has 1 N–H and O–H groups in total. The van der Waals surface area contributed by atoms with Gasteiger partial charge in [-0.25, -0.2) is 4.79 Å². The van der Waals surface area contributed by atoms with Crippen molar-refractivity contribution < 1.29 is 9.53 Å². The number of nitrogens with zero attached hydrogens (tertiary/aromatic N) is 1. The number of allylic oxidation sites excluding steroid dienone is 3. The highest BCUT2D eigenvalue weighted by atomic mass is 16.6. The topological polar surface area (TPSA) is 41.6 Å². The molecule has 4 nitrogen and oxygen atoms in total. The van der Waals surface area contributed by atoms with Crippen LogP contribution in [-0.2, 0) is 4.74 Å². The van der Waals surface area contributed by atoms with Gasteiger partial charge in [0.15, 0.2) is 0 Å². The van der Waals surface area contributed by atoms with Gasteiger partial charge in [-0.1, -0.05) is 31.6 Å². The Morgan fingerprint density at radius 2 is 2.12 bits per heavy atom. The standard InChI is InChI=1S/C21H36N2O2/c1-16-9-7-12-21(5,6)18(16)10-8-13-23-14-11-17(15-23)25-19(24)22-20(2,3)4/h8,10,17H,7,9,11-15H2,1-6H3,(H,22,24)/b10-8+/t17-/m1/s1. The Morgan fingerprint density at radius 1 is 1.40 bits per heavy atom. The zero-order chi connectivity index (χ0) is 18.7. The van der Waals surface area contributed by atoms with Crippen LogP contribution in [0, 0.1) is 5.41 Å². The van der Waals surface area contributed by atoms with Crippen molar-refractivity contribution in [1.29, 1.82) is 0 Å². The molecule has 1 heterocycles. The van der Waals surface area contributed by atoms with Crippen LogP contribution in [0.5, 0.6) is 0 Å². The van der Waals surface area contributed by atoms with Gasteiger partial charge in [0, 0.05) is 25.2 Å². The Hall–Kier alpha value is -1.29. The lowest BCUT2D eigenvalue weighted by Gasteiger charge is -2.33. The van der Waals surface area contributed by atoms with E-state index in [4.69, 9.17) is 4.74 Å². The highest BCUT2D eigenvalue weighted by Gasteiger charge is 2.28. The van der Waals surface area contributed by atoms with Crippen molar-refractivity contribution in [1.82, 2.24) is 10.2 Å². The van der Waals surface area contributed by atoms with Crippen LogP contribution >= 0.6 is 0 Å². The first kappa shape index (κ1) is 20.0. The predicted molar refractivity (Wildman–Crippen MR) is 104 cm³/mol. The van der Waals surface area contributed by atoms with Crippen molar-refractivity contribution in [3.05, 3.63) is 23.3 Å². The second-order valence-corrected chi connectivity index (χ2v) is 9.28. The minimum Gasteiger partial charge on any atom is -0.445 e. The summed E-state index contributed by atoms with van der Waals surface area (Å²) in [4.78, 5) is 14.2. The molecule has 0 unspecified atom stereocenters. The molecule has 2 aliphatic rings. The molecule has 1 saturated heterocycles. The van der Waals surface area contributed by atoms with Gasteiger partial charge in [-0.15, -0.1) is 0 Å². The third-order valence-corrected chi connectivity index (χ3v) is 5.17. The molecule has 1 amide bonds. The number of carbonyl (C=O) groups excluding carboxylic acids is 1. The summed E-state index contributed by atoms with van der Waals surface area (Å²) in [5, 5.41) is 2.86. The number of alkyl carbamates (subject to hydrolysis) is 1. The van der Waals surface area contributed by atoms with Gasteiger partial charge >= 0.3 is 6.09 Å². The van der Waals surface area contributed by atoms with Crippen molar-refractivity contribution >= 4 is 6.09 Å². The van der Waals surface area contributed by atoms with Crippen molar-refractivity contribution in [2.24, 2.45) is 5.41 Å². The van der Waals surface area contributed by atoms with E-state index in [2.05, 4.69) is 43.1 Å². The molecular weight excluding hydrogens is 312 g/mol. The van der Waals surface area contributed by atoms with E-state index in [9.17, 15) is 4.79 Å². The fourth-order valence-electron chi connectivity index (χ4n) is 3.88. The normalized spacial score (nSPS) is 24.8. The maximum atomic E-state index is 11.9. The molecule has 1 fully saturated rings. The number of likely N-dealkylation sites (tertiary alicyclic amines) is 1. The molecule has 2 rings (SSSR count). The number of rotatable bonds is 4. The van der Waals surface area contributed by atoms with E-state index in [1.807, 2.05) is 20.8 Å². The van der Waals surface area contributed by atoms with Crippen molar-refractivity contribution in [2.45, 2.75) is 78.9 Å². The molecule has 0 aromatic heterocycles. The first-order valence-corrected chi connectivity index (χ1v) is 9.65. The van der Waals surface area contributed by atoms with E-state index in [0.717, 1.165) is 26.1 Å². The van der Waals surface area contributed by atoms with E-state index >= 15 is 0 Å². The second kappa shape index (κ2) is 7.94. The van der Waals surface area contributed by atoms with Crippen LogP contribution in [0.4, 0.5) is 4.79 Å². The van der Waals surface area contributed by atoms with E-state index in [0.29, 0.717) is 5.41 Å². The van der Waals surface area contributed by atoms with Crippen LogP contribution in [0.2, 0.25) is 0 Å². The Balaban J connectivity index is 1.80. The van der Waals surface area contributed by atoms with Crippen LogP contribution in [0.25, 0.3) is 0 Å². The first-order chi connectivity index (χ1) is 11.6. The minimum absolute atomic E-state index is 0.00261. The largest absolute Gasteiger partial charge is 0.445 e. The van der Waals surface area contributed by atoms with Crippen LogP contribution < -0.4 is 5.32 Å². The number of hydrogen-bond acceptors (Lipinski definition) is 3. The summed E-state index contributed by atoms with van der Waals surface area (Å²) in [5.41, 5.74) is 3.08. The molecule has 1 aliphatic heterocycles. The van der Waals surface area contributed by atoms with E-state index in [1.165, 1.54) is 30.4 Å². The van der Waals surface area contributed by atoms with Gasteiger partial charge in [0.2, 0.25) is 0 Å². The quantitative estimate of drug-likeness (QED) is 0.803. The number of nitrogens with one attached hydrogen (secondary N) is 1. The number of carbonyl (C=O) groups is 1. The molecule has 0 aromatic carbocycles. The van der Waals surface area contributed by atoms with Crippen LogP contribution in [0.15, 0.2) is 23.3 Å². The Kier molecular flexibility index (Phi) is 6.36. The number of ether oxygens (including phenoxy) is 1. The van der Waals surface area contributed by atoms with Crippen LogP contribution in [0.1, 0.15) is 67.2 Å². The van der Waals surface area contributed by atoms with E-state index in [-0.39, 0.29) is 17.7 Å². The van der Waals surface area contributed by atoms with Gasteiger partial charge < -0.3 is 10.1 Å². The van der Waals surface area contributed by atoms with Gasteiger partial charge in [-0.2, -0.15) is 0 Å². The monoisotopic (exact) mass is 348 g/mol. The Morgan fingerprint density at radius 3 is 2.76 bits per heavy atom. The summed E-state index contributed by atoms with van der Waals surface area (Å²) < 4.78 is 5.54. The van der Waals surface area contributed by atoms with Crippen LogP contribution in [0.3, 0.4) is 0 Å². The number of amides is 1. The highest BCUT2D eigenvalue weighted by Crippen LogP contribution is 2.40. The molecule has 1 aliphatic carbocycles. The van der Waals surface area contributed by atoms with Gasteiger partial charge in [0.1, 0.15) is 6.10 Å². The van der Waals surface area contributed by atoms with Gasteiger partial charge in [0.05, 0.1) is 0 Å². The first-order valence-electron chi connectivity index (χ1n) is 9.65. The summed E-state index contributed by atoms with van der Waals surface area (Å²) in [7, 11) is 0. The number of hydrogen-bond donors (Lipinski definition) is 1. The fraction of sp³-hybridized carbons (Fsp3) is 0.762. The maximum Gasteiger partial charge on any atom is 0.407 e. The van der Waals surface area contributed by atoms with Gasteiger partial charge in [0.25, 0.3) is 0 Å². The molecule has 0 radical (unpaired) electrons. The molecule has 1 atom stereocenters. The molecule has 0 aromatic rings. The zero-order valence-electron chi connectivity index (χ0n) is 16.9. The average Bonchev–Trinajstić information content (AvgIpc) is 2.87. The molecule has 0 saturated carbocycles. The molecule has 0 bridgehead atoms. The third-order valence-electron chi connectivity index (χ3n) is 5.17. The lowest BCUT2D eigenvalue weighted by molar-refractivity contribution is 0.0950. The summed E-state index contributed by atoms with van der Waals surface area (Å²) in [6.07, 6.45) is 9.02. The Labute approximate surface area is 153 Å². The maximum absolute atomic E-state index is 11.9. The average molecular weight is 349 g/mol. The third kappa shape index (κ3) is 6.18. The van der Waals surface area contributed by atoms with Crippen molar-refractivity contribution in [3.8, 4) is 0 Å². The molecule has 25 heavy (non-hydrogen) atoms. The van der Waals surface area contributed by atoms with E-state index < -0.39 is 0 Å². The lowest BCUT2D eigenvalue weighted by atomic mass is 9.73. The Bertz CT molecular complexity index is 541. The SMILES string of the molecule is CC1=C(/C=C/CN2CC[C@@H](OC(=O)NC(C)(C)C)C2)C(C)(C)CCC1. The minimum atomic E-state index is -0.306. The summed E-state index contributed by atoms with van der Waals surface area (Å²) >= 11 is 0. The zero-order valence-corrected chi connectivity index (χ0v) is 16.9. The smallest absolute Gasteiger partial charge is 0.407 e. The van der Waals surface area contributed by atoms with Gasteiger partial charge in [-0.05, 0) is 64.4 Å². The fourth-order valence-corrected chi connectivity index (χ4v) is 3.88. The molecule has 4 heteroatoms.